The molecule has 10 nitrogen and oxygen atoms in total. The van der Waals surface area contributed by atoms with Crippen LogP contribution in [0.2, 0.25) is 0 Å². The maximum atomic E-state index is 12.5. The molecule has 0 saturated carbocycles. The Morgan fingerprint density at radius 1 is 1.13 bits per heavy atom. The molecule has 0 spiro atoms. The van der Waals surface area contributed by atoms with Crippen molar-refractivity contribution in [2.75, 3.05) is 7.11 Å². The van der Waals surface area contributed by atoms with Gasteiger partial charge in [0.1, 0.15) is 5.82 Å². The number of H-pyrrole nitrogens is 2. The van der Waals surface area contributed by atoms with Crippen molar-refractivity contribution in [3.8, 4) is 17.2 Å². The van der Waals surface area contributed by atoms with E-state index in [2.05, 4.69) is 19.8 Å². The van der Waals surface area contributed by atoms with Gasteiger partial charge in [-0.05, 0) is 39.8 Å². The number of aromatic nitrogens is 4. The number of nitrogens with one attached hydrogen (secondary N) is 2. The summed E-state index contributed by atoms with van der Waals surface area (Å²) in [6.45, 7) is 1.31. The number of carbonyl (C=O) groups excluding carboxylic acids is 1. The van der Waals surface area contributed by atoms with Crippen LogP contribution in [0.5, 0.6) is 11.5 Å². The minimum Gasteiger partial charge on any atom is -0.493 e. The quantitative estimate of drug-likeness (QED) is 0.284. The Morgan fingerprint density at radius 3 is 2.68 bits per heavy atom. The minimum absolute atomic E-state index is 0.317. The second-order valence-corrected chi connectivity index (χ2v) is 6.50. The van der Waals surface area contributed by atoms with Gasteiger partial charge in [-0.2, -0.15) is 0 Å². The van der Waals surface area contributed by atoms with E-state index in [-0.39, 0.29) is 5.56 Å². The maximum Gasteiger partial charge on any atom is 0.427 e. The van der Waals surface area contributed by atoms with Gasteiger partial charge in [-0.3, -0.25) is 14.1 Å². The molecule has 0 aliphatic carbocycles. The van der Waals surface area contributed by atoms with Gasteiger partial charge in [0.05, 0.1) is 18.0 Å². The molecule has 0 bridgehead atoms. The predicted molar refractivity (Wildman–Crippen MR) is 110 cm³/mol. The molecule has 0 fully saturated rings. The van der Waals surface area contributed by atoms with Crippen molar-refractivity contribution in [1.29, 1.82) is 0 Å². The third-order valence-corrected chi connectivity index (χ3v) is 4.34. The SMILES string of the molecule is COc1cc(/C=C\c2nc3ccc(-[n+]4cc(=O)o[nH]4)cc3c(=O)[nH]2)ccc1OC(C)=O. The predicted octanol–water partition coefficient (Wildman–Crippen LogP) is 1.59. The van der Waals surface area contributed by atoms with Gasteiger partial charge in [0, 0.05) is 19.1 Å². The zero-order valence-corrected chi connectivity index (χ0v) is 16.5. The van der Waals surface area contributed by atoms with Gasteiger partial charge in [0.25, 0.3) is 11.8 Å². The fourth-order valence-corrected chi connectivity index (χ4v) is 2.96. The Kier molecular flexibility index (Phi) is 5.19. The first-order chi connectivity index (χ1) is 14.9. The first-order valence-electron chi connectivity index (χ1n) is 9.12. The van der Waals surface area contributed by atoms with Crippen LogP contribution in [-0.4, -0.2) is 28.3 Å². The van der Waals surface area contributed by atoms with Crippen molar-refractivity contribution >= 4 is 29.0 Å². The largest absolute Gasteiger partial charge is 0.493 e. The number of aromatic amines is 2. The van der Waals surface area contributed by atoms with Crippen LogP contribution >= 0.6 is 0 Å². The zero-order chi connectivity index (χ0) is 22.0. The van der Waals surface area contributed by atoms with E-state index in [9.17, 15) is 14.4 Å². The number of nitrogens with zero attached hydrogens (tertiary/aromatic N) is 2. The fraction of sp³-hybridized carbons (Fsp3) is 0.0952. The van der Waals surface area contributed by atoms with Crippen LogP contribution in [0, 0.1) is 0 Å². The number of esters is 1. The lowest BCUT2D eigenvalue weighted by Gasteiger charge is -2.08. The van der Waals surface area contributed by atoms with Crippen molar-refractivity contribution in [2.45, 2.75) is 6.92 Å². The molecule has 4 aromatic rings. The summed E-state index contributed by atoms with van der Waals surface area (Å²) >= 11 is 0. The molecule has 0 radical (unpaired) electrons. The summed E-state index contributed by atoms with van der Waals surface area (Å²) in [5, 5.41) is 2.78. The summed E-state index contributed by atoms with van der Waals surface area (Å²) in [5.74, 6) is 0.634. The highest BCUT2D eigenvalue weighted by molar-refractivity contribution is 5.80. The standard InChI is InChI=1S/C21H16N4O6/c1-12(26)30-17-7-3-13(9-18(17)29-2)4-8-19-22-16-6-5-14(10-15(16)21(28)23-19)25-11-20(27)31-24-25/h3-11H,1-2H3,(H-,22,23,24,27,28)/p+1/b8-4-. The molecule has 4 rings (SSSR count). The lowest BCUT2D eigenvalue weighted by Crippen LogP contribution is -2.32. The molecule has 0 aliphatic heterocycles. The van der Waals surface area contributed by atoms with E-state index in [0.29, 0.717) is 33.9 Å². The topological polar surface area (TPSA) is 131 Å². The second kappa shape index (κ2) is 8.11. The molecule has 0 atom stereocenters. The minimum atomic E-state index is -0.537. The number of carbonyl (C=O) groups is 1. The van der Waals surface area contributed by atoms with Gasteiger partial charge < -0.3 is 14.5 Å². The summed E-state index contributed by atoms with van der Waals surface area (Å²) < 4.78 is 16.3. The molecule has 0 saturated heterocycles. The van der Waals surface area contributed by atoms with Crippen molar-refractivity contribution in [2.24, 2.45) is 0 Å². The van der Waals surface area contributed by atoms with E-state index >= 15 is 0 Å². The summed E-state index contributed by atoms with van der Waals surface area (Å²) in [6, 6.07) is 10.0. The number of hydrogen-bond acceptors (Lipinski definition) is 7. The van der Waals surface area contributed by atoms with Crippen LogP contribution in [0.25, 0.3) is 28.7 Å². The summed E-state index contributed by atoms with van der Waals surface area (Å²) in [7, 11) is 1.48. The number of hydrogen-bond donors (Lipinski definition) is 2. The van der Waals surface area contributed by atoms with Crippen LogP contribution in [0.1, 0.15) is 18.3 Å². The second-order valence-electron chi connectivity index (χ2n) is 6.50. The number of benzene rings is 2. The first-order valence-corrected chi connectivity index (χ1v) is 9.12. The third-order valence-electron chi connectivity index (χ3n) is 4.34. The van der Waals surface area contributed by atoms with Gasteiger partial charge in [0.15, 0.2) is 11.5 Å². The fourth-order valence-electron chi connectivity index (χ4n) is 2.96. The molecule has 2 aromatic heterocycles. The third kappa shape index (κ3) is 4.27. The van der Waals surface area contributed by atoms with Crippen LogP contribution < -0.4 is 25.3 Å². The van der Waals surface area contributed by atoms with Gasteiger partial charge >= 0.3 is 11.6 Å². The Morgan fingerprint density at radius 2 is 1.97 bits per heavy atom. The van der Waals surface area contributed by atoms with E-state index in [1.54, 1.807) is 48.6 Å². The van der Waals surface area contributed by atoms with Crippen LogP contribution in [-0.2, 0) is 4.79 Å². The average Bonchev–Trinajstić information content (AvgIpc) is 3.18. The molecule has 2 aromatic carbocycles. The van der Waals surface area contributed by atoms with E-state index < -0.39 is 11.6 Å². The Bertz CT molecular complexity index is 1430. The summed E-state index contributed by atoms with van der Waals surface area (Å²) in [4.78, 5) is 42.1. The average molecular weight is 421 g/mol. The molecule has 31 heavy (non-hydrogen) atoms. The lowest BCUT2D eigenvalue weighted by molar-refractivity contribution is -0.670. The van der Waals surface area contributed by atoms with Crippen molar-refractivity contribution in [3.05, 3.63) is 74.8 Å². The van der Waals surface area contributed by atoms with E-state index in [4.69, 9.17) is 9.47 Å². The van der Waals surface area contributed by atoms with E-state index in [0.717, 1.165) is 5.56 Å². The van der Waals surface area contributed by atoms with Gasteiger partial charge in [-0.15, -0.1) is 0 Å². The lowest BCUT2D eigenvalue weighted by atomic mass is 10.2. The van der Waals surface area contributed by atoms with Gasteiger partial charge in [0.2, 0.25) is 5.69 Å². The maximum absolute atomic E-state index is 12.5. The molecule has 2 heterocycles. The molecular weight excluding hydrogens is 404 g/mol. The first kappa shape index (κ1) is 19.8. The Balaban J connectivity index is 1.64. The monoisotopic (exact) mass is 421 g/mol. The number of fused-ring (bicyclic) bond motifs is 1. The Hall–Kier alpha value is -4.47. The highest BCUT2D eigenvalue weighted by Crippen LogP contribution is 2.28. The smallest absolute Gasteiger partial charge is 0.427 e. The molecule has 10 heteroatoms. The highest BCUT2D eigenvalue weighted by atomic mass is 16.6. The van der Waals surface area contributed by atoms with Crippen LogP contribution in [0.15, 0.2) is 56.7 Å². The number of rotatable bonds is 5. The normalized spacial score (nSPS) is 11.2. The van der Waals surface area contributed by atoms with Crippen molar-refractivity contribution in [1.82, 2.24) is 15.2 Å². The molecule has 2 N–H and O–H groups in total. The Labute approximate surface area is 174 Å². The van der Waals surface area contributed by atoms with Crippen molar-refractivity contribution in [3.63, 3.8) is 0 Å². The highest BCUT2D eigenvalue weighted by Gasteiger charge is 2.13. The van der Waals surface area contributed by atoms with Crippen LogP contribution in [0.3, 0.4) is 0 Å². The molecule has 0 aliphatic rings. The van der Waals surface area contributed by atoms with Crippen LogP contribution in [0.4, 0.5) is 0 Å². The number of methoxy groups -OCH3 is 1. The van der Waals surface area contributed by atoms with E-state index in [1.807, 2.05) is 0 Å². The van der Waals surface area contributed by atoms with E-state index in [1.165, 1.54) is 24.9 Å². The van der Waals surface area contributed by atoms with Gasteiger partial charge in [-0.1, -0.05) is 12.1 Å². The molecule has 0 amide bonds. The molecule has 0 unspecified atom stereocenters. The summed E-state index contributed by atoms with van der Waals surface area (Å²) in [6.07, 6.45) is 4.61. The number of ether oxygens (including phenoxy) is 2. The van der Waals surface area contributed by atoms with Crippen molar-refractivity contribution < 1.29 is 23.5 Å². The van der Waals surface area contributed by atoms with Gasteiger partial charge in [-0.25, -0.2) is 9.78 Å². The summed E-state index contributed by atoms with van der Waals surface area (Å²) in [5.41, 5.74) is 0.923. The molecule has 156 valence electrons. The molecular formula is C21H17N4O6+. The zero-order valence-electron chi connectivity index (χ0n) is 16.5.